The van der Waals surface area contributed by atoms with Gasteiger partial charge in [-0.05, 0) is 60.4 Å². The van der Waals surface area contributed by atoms with Crippen molar-refractivity contribution in [1.82, 2.24) is 14.5 Å². The van der Waals surface area contributed by atoms with Gasteiger partial charge in [-0.25, -0.2) is 14.4 Å². The van der Waals surface area contributed by atoms with Gasteiger partial charge in [0.2, 0.25) is 0 Å². The van der Waals surface area contributed by atoms with Crippen LogP contribution in [0.5, 0.6) is 0 Å². The zero-order valence-electron chi connectivity index (χ0n) is 15.8. The SMILES string of the molecule is C=C/C(=C\c1nc(C(N)=O)cc(-c2ccc(F)cc2)c1C)Cn1ccnc1C. The number of allylic oxidation sites excluding steroid dienone is 2. The van der Waals surface area contributed by atoms with E-state index in [1.54, 1.807) is 30.5 Å². The normalized spacial score (nSPS) is 11.5. The van der Waals surface area contributed by atoms with Crippen LogP contribution in [0.1, 0.15) is 27.6 Å². The van der Waals surface area contributed by atoms with Crippen LogP contribution in [0, 0.1) is 19.7 Å². The Labute approximate surface area is 163 Å². The van der Waals surface area contributed by atoms with Gasteiger partial charge in [0, 0.05) is 18.9 Å². The fourth-order valence-corrected chi connectivity index (χ4v) is 2.94. The summed E-state index contributed by atoms with van der Waals surface area (Å²) in [6, 6.07) is 7.73. The number of carbonyl (C=O) groups excluding carboxylic acids is 1. The maximum atomic E-state index is 13.3. The van der Waals surface area contributed by atoms with Gasteiger partial charge in [-0.15, -0.1) is 0 Å². The maximum Gasteiger partial charge on any atom is 0.267 e. The van der Waals surface area contributed by atoms with Crippen LogP contribution >= 0.6 is 0 Å². The molecule has 2 heterocycles. The van der Waals surface area contributed by atoms with Crippen molar-refractivity contribution in [2.24, 2.45) is 5.73 Å². The Morgan fingerprint density at radius 3 is 2.57 bits per heavy atom. The first-order valence-electron chi connectivity index (χ1n) is 8.77. The highest BCUT2D eigenvalue weighted by atomic mass is 19.1. The van der Waals surface area contributed by atoms with Gasteiger partial charge in [0.15, 0.2) is 0 Å². The molecule has 0 radical (unpaired) electrons. The number of amides is 1. The summed E-state index contributed by atoms with van der Waals surface area (Å²) in [5, 5.41) is 0. The lowest BCUT2D eigenvalue weighted by Crippen LogP contribution is -2.14. The van der Waals surface area contributed by atoms with E-state index >= 15 is 0 Å². The molecule has 2 aromatic heterocycles. The third-order valence-corrected chi connectivity index (χ3v) is 4.58. The second kappa shape index (κ2) is 8.00. The summed E-state index contributed by atoms with van der Waals surface area (Å²) in [4.78, 5) is 20.4. The molecular formula is C22H21FN4O. The molecule has 0 spiro atoms. The van der Waals surface area contributed by atoms with Crippen LogP contribution in [-0.2, 0) is 6.54 Å². The molecule has 6 heteroatoms. The number of halogens is 1. The zero-order chi connectivity index (χ0) is 20.3. The fourth-order valence-electron chi connectivity index (χ4n) is 2.94. The van der Waals surface area contributed by atoms with Gasteiger partial charge in [-0.3, -0.25) is 4.79 Å². The standard InChI is InChI=1S/C22H21FN4O/c1-4-16(13-27-10-9-25-15(27)3)11-20-14(2)19(12-21(26-20)22(24)28)17-5-7-18(23)8-6-17/h4-12H,1,13H2,2-3H3,(H2,24,28)/b16-11+. The number of carbonyl (C=O) groups is 1. The molecule has 0 aliphatic rings. The van der Waals surface area contributed by atoms with Crippen LogP contribution in [0.4, 0.5) is 4.39 Å². The van der Waals surface area contributed by atoms with Gasteiger partial charge in [-0.2, -0.15) is 0 Å². The Morgan fingerprint density at radius 1 is 1.29 bits per heavy atom. The maximum absolute atomic E-state index is 13.3. The molecule has 0 saturated carbocycles. The van der Waals surface area contributed by atoms with E-state index in [1.165, 1.54) is 12.1 Å². The third kappa shape index (κ3) is 4.06. The number of primary amides is 1. The number of benzene rings is 1. The summed E-state index contributed by atoms with van der Waals surface area (Å²) in [5.41, 5.74) is 9.57. The molecule has 1 aromatic carbocycles. The molecule has 2 N–H and O–H groups in total. The molecule has 28 heavy (non-hydrogen) atoms. The molecule has 0 fully saturated rings. The predicted octanol–water partition coefficient (Wildman–Crippen LogP) is 4.07. The van der Waals surface area contributed by atoms with E-state index < -0.39 is 5.91 Å². The molecule has 1 amide bonds. The van der Waals surface area contributed by atoms with Gasteiger partial charge in [0.05, 0.1) is 5.69 Å². The van der Waals surface area contributed by atoms with E-state index in [2.05, 4.69) is 16.5 Å². The van der Waals surface area contributed by atoms with E-state index in [9.17, 15) is 9.18 Å². The number of rotatable bonds is 6. The molecular weight excluding hydrogens is 355 g/mol. The molecule has 0 saturated heterocycles. The summed E-state index contributed by atoms with van der Waals surface area (Å²) < 4.78 is 15.3. The number of hydrogen-bond donors (Lipinski definition) is 1. The molecule has 142 valence electrons. The van der Waals surface area contributed by atoms with Crippen molar-refractivity contribution in [3.63, 3.8) is 0 Å². The van der Waals surface area contributed by atoms with Crippen molar-refractivity contribution < 1.29 is 9.18 Å². The first-order chi connectivity index (χ1) is 13.4. The van der Waals surface area contributed by atoms with Crippen molar-refractivity contribution >= 4 is 12.0 Å². The quantitative estimate of drug-likeness (QED) is 0.659. The highest BCUT2D eigenvalue weighted by Crippen LogP contribution is 2.27. The average Bonchev–Trinajstić information content (AvgIpc) is 3.07. The van der Waals surface area contributed by atoms with Crippen LogP contribution in [0.3, 0.4) is 0 Å². The minimum absolute atomic E-state index is 0.151. The number of nitrogens with zero attached hydrogens (tertiary/aromatic N) is 3. The average molecular weight is 376 g/mol. The molecule has 3 aromatic rings. The zero-order valence-corrected chi connectivity index (χ0v) is 15.8. The van der Waals surface area contributed by atoms with E-state index in [1.807, 2.05) is 30.7 Å². The third-order valence-electron chi connectivity index (χ3n) is 4.58. The summed E-state index contributed by atoms with van der Waals surface area (Å²) in [5.74, 6) is -0.0608. The number of aromatic nitrogens is 3. The second-order valence-electron chi connectivity index (χ2n) is 6.46. The van der Waals surface area contributed by atoms with E-state index in [-0.39, 0.29) is 11.5 Å². The molecule has 0 unspecified atom stereocenters. The van der Waals surface area contributed by atoms with Gasteiger partial charge >= 0.3 is 0 Å². The second-order valence-corrected chi connectivity index (χ2v) is 6.46. The molecule has 0 aliphatic heterocycles. The van der Waals surface area contributed by atoms with Crippen LogP contribution < -0.4 is 5.73 Å². The Hall–Kier alpha value is -3.54. The number of imidazole rings is 1. The fraction of sp³-hybridized carbons (Fsp3) is 0.136. The Kier molecular flexibility index (Phi) is 5.49. The molecule has 5 nitrogen and oxygen atoms in total. The van der Waals surface area contributed by atoms with Gasteiger partial charge < -0.3 is 10.3 Å². The highest BCUT2D eigenvalue weighted by molar-refractivity contribution is 5.93. The van der Waals surface area contributed by atoms with Crippen molar-refractivity contribution in [3.05, 3.63) is 89.5 Å². The highest BCUT2D eigenvalue weighted by Gasteiger charge is 2.13. The van der Waals surface area contributed by atoms with Crippen molar-refractivity contribution in [2.45, 2.75) is 20.4 Å². The molecule has 0 aliphatic carbocycles. The summed E-state index contributed by atoms with van der Waals surface area (Å²) in [6.07, 6.45) is 7.24. The number of aryl methyl sites for hydroxylation is 1. The minimum Gasteiger partial charge on any atom is -0.364 e. The van der Waals surface area contributed by atoms with E-state index in [0.717, 1.165) is 28.1 Å². The number of pyridine rings is 1. The molecule has 0 atom stereocenters. The number of nitrogens with two attached hydrogens (primary N) is 1. The van der Waals surface area contributed by atoms with Gasteiger partial charge in [0.25, 0.3) is 5.91 Å². The van der Waals surface area contributed by atoms with Crippen molar-refractivity contribution in [2.75, 3.05) is 0 Å². The van der Waals surface area contributed by atoms with Gasteiger partial charge in [-0.1, -0.05) is 24.8 Å². The predicted molar refractivity (Wildman–Crippen MR) is 108 cm³/mol. The Morgan fingerprint density at radius 2 is 2.00 bits per heavy atom. The van der Waals surface area contributed by atoms with Crippen molar-refractivity contribution in [3.8, 4) is 11.1 Å². The Bertz CT molecular complexity index is 1060. The first-order valence-corrected chi connectivity index (χ1v) is 8.77. The number of hydrogen-bond acceptors (Lipinski definition) is 3. The van der Waals surface area contributed by atoms with Crippen LogP contribution in [0.25, 0.3) is 17.2 Å². The van der Waals surface area contributed by atoms with E-state index in [4.69, 9.17) is 5.73 Å². The largest absolute Gasteiger partial charge is 0.364 e. The van der Waals surface area contributed by atoms with Crippen LogP contribution in [-0.4, -0.2) is 20.4 Å². The topological polar surface area (TPSA) is 73.8 Å². The smallest absolute Gasteiger partial charge is 0.267 e. The lowest BCUT2D eigenvalue weighted by Gasteiger charge is -2.12. The Balaban J connectivity index is 2.11. The van der Waals surface area contributed by atoms with E-state index in [0.29, 0.717) is 12.2 Å². The minimum atomic E-state index is -0.622. The monoisotopic (exact) mass is 376 g/mol. The molecule has 3 rings (SSSR count). The first kappa shape index (κ1) is 19.2. The lowest BCUT2D eigenvalue weighted by atomic mass is 9.97. The van der Waals surface area contributed by atoms with Crippen LogP contribution in [0.2, 0.25) is 0 Å². The lowest BCUT2D eigenvalue weighted by molar-refractivity contribution is 0.0995. The van der Waals surface area contributed by atoms with Crippen LogP contribution in [0.15, 0.2) is 61.0 Å². The van der Waals surface area contributed by atoms with Gasteiger partial charge in [0.1, 0.15) is 17.3 Å². The summed E-state index contributed by atoms with van der Waals surface area (Å²) >= 11 is 0. The van der Waals surface area contributed by atoms with Crippen molar-refractivity contribution in [1.29, 1.82) is 0 Å². The summed E-state index contributed by atoms with van der Waals surface area (Å²) in [7, 11) is 0. The molecule has 0 bridgehead atoms. The summed E-state index contributed by atoms with van der Waals surface area (Å²) in [6.45, 7) is 8.28.